The summed E-state index contributed by atoms with van der Waals surface area (Å²) in [6.07, 6.45) is 4.07. The molecule has 1 amide bonds. The number of likely N-dealkylation sites (N-methyl/N-ethyl adjacent to an activating group) is 1. The second-order valence-corrected chi connectivity index (χ2v) is 6.66. The summed E-state index contributed by atoms with van der Waals surface area (Å²) < 4.78 is 11.4. The molecule has 1 aliphatic rings. The minimum atomic E-state index is -0.499. The Labute approximate surface area is 131 Å². The fourth-order valence-corrected chi connectivity index (χ4v) is 2.59. The highest BCUT2D eigenvalue weighted by atomic mass is 16.6. The van der Waals surface area contributed by atoms with E-state index in [2.05, 4.69) is 4.98 Å². The van der Waals surface area contributed by atoms with E-state index in [9.17, 15) is 4.79 Å². The van der Waals surface area contributed by atoms with Crippen molar-refractivity contribution in [2.24, 2.45) is 0 Å². The lowest BCUT2D eigenvalue weighted by atomic mass is 10.2. The van der Waals surface area contributed by atoms with Crippen LogP contribution >= 0.6 is 0 Å². The first kappa shape index (κ1) is 16.4. The van der Waals surface area contributed by atoms with E-state index in [-0.39, 0.29) is 18.2 Å². The molecule has 6 nitrogen and oxygen atoms in total. The van der Waals surface area contributed by atoms with E-state index in [4.69, 9.17) is 15.2 Å². The summed E-state index contributed by atoms with van der Waals surface area (Å²) in [5, 5.41) is 0. The predicted octanol–water partition coefficient (Wildman–Crippen LogP) is 2.83. The van der Waals surface area contributed by atoms with E-state index in [1.807, 2.05) is 20.8 Å². The molecule has 0 aromatic carbocycles. The van der Waals surface area contributed by atoms with Crippen LogP contribution in [0, 0.1) is 0 Å². The molecule has 1 aromatic rings. The van der Waals surface area contributed by atoms with Crippen molar-refractivity contribution in [1.29, 1.82) is 0 Å². The Morgan fingerprint density at radius 1 is 1.36 bits per heavy atom. The van der Waals surface area contributed by atoms with Gasteiger partial charge in [-0.25, -0.2) is 9.78 Å². The minimum Gasteiger partial charge on any atom is -0.487 e. The lowest BCUT2D eigenvalue weighted by Crippen LogP contribution is -2.45. The highest BCUT2D eigenvalue weighted by molar-refractivity contribution is 5.68. The van der Waals surface area contributed by atoms with E-state index in [0.717, 1.165) is 19.3 Å². The molecule has 1 fully saturated rings. The molecule has 122 valence electrons. The molecule has 2 rings (SSSR count). The third-order valence-corrected chi connectivity index (χ3v) is 3.64. The molecular formula is C16H25N3O3. The number of nitrogens with zero attached hydrogens (tertiary/aromatic N) is 2. The molecule has 0 radical (unpaired) electrons. The molecule has 0 unspecified atom stereocenters. The number of carbonyl (C=O) groups is 1. The molecule has 0 spiro atoms. The molecule has 1 aliphatic carbocycles. The van der Waals surface area contributed by atoms with Crippen molar-refractivity contribution < 1.29 is 14.3 Å². The van der Waals surface area contributed by atoms with Crippen molar-refractivity contribution >= 4 is 11.9 Å². The normalized spacial score (nSPS) is 21.5. The van der Waals surface area contributed by atoms with Crippen LogP contribution in [0.1, 0.15) is 40.0 Å². The van der Waals surface area contributed by atoms with E-state index in [0.29, 0.717) is 11.6 Å². The molecule has 2 atom stereocenters. The molecule has 6 heteroatoms. The topological polar surface area (TPSA) is 77.7 Å². The number of hydrogen-bond acceptors (Lipinski definition) is 5. The van der Waals surface area contributed by atoms with Crippen LogP contribution in [0.25, 0.3) is 0 Å². The number of carbonyl (C=O) groups excluding carboxylic acids is 1. The molecule has 22 heavy (non-hydrogen) atoms. The van der Waals surface area contributed by atoms with Gasteiger partial charge in [0.2, 0.25) is 0 Å². The van der Waals surface area contributed by atoms with Gasteiger partial charge < -0.3 is 20.1 Å². The number of anilines is 1. The van der Waals surface area contributed by atoms with Crippen molar-refractivity contribution in [3.8, 4) is 5.75 Å². The second-order valence-electron chi connectivity index (χ2n) is 6.66. The number of hydrogen-bond donors (Lipinski definition) is 1. The van der Waals surface area contributed by atoms with Gasteiger partial charge in [0, 0.05) is 7.05 Å². The first-order valence-corrected chi connectivity index (χ1v) is 7.60. The zero-order chi connectivity index (χ0) is 16.3. The molecule has 0 bridgehead atoms. The summed E-state index contributed by atoms with van der Waals surface area (Å²) in [6.45, 7) is 5.59. The van der Waals surface area contributed by atoms with E-state index in [1.165, 1.54) is 0 Å². The Bertz CT molecular complexity index is 510. The Hall–Kier alpha value is -1.98. The molecule has 1 heterocycles. The average Bonchev–Trinajstić information content (AvgIpc) is 2.86. The molecular weight excluding hydrogens is 282 g/mol. The maximum atomic E-state index is 12.2. The molecule has 0 saturated heterocycles. The van der Waals surface area contributed by atoms with Crippen molar-refractivity contribution in [2.75, 3.05) is 12.8 Å². The van der Waals surface area contributed by atoms with Gasteiger partial charge in [0.25, 0.3) is 0 Å². The minimum absolute atomic E-state index is 0.00685. The van der Waals surface area contributed by atoms with Gasteiger partial charge in [0.1, 0.15) is 23.3 Å². The third kappa shape index (κ3) is 4.26. The van der Waals surface area contributed by atoms with Gasteiger partial charge in [-0.3, -0.25) is 0 Å². The Morgan fingerprint density at radius 3 is 2.68 bits per heavy atom. The van der Waals surface area contributed by atoms with Crippen LogP contribution in [0.5, 0.6) is 5.75 Å². The number of pyridine rings is 1. The quantitative estimate of drug-likeness (QED) is 0.929. The average molecular weight is 307 g/mol. The lowest BCUT2D eigenvalue weighted by molar-refractivity contribution is 0.0115. The largest absolute Gasteiger partial charge is 0.487 e. The summed E-state index contributed by atoms with van der Waals surface area (Å²) in [5.41, 5.74) is 5.07. The van der Waals surface area contributed by atoms with Crippen molar-refractivity contribution in [1.82, 2.24) is 9.88 Å². The molecule has 2 N–H and O–H groups in total. The van der Waals surface area contributed by atoms with Crippen LogP contribution < -0.4 is 10.5 Å². The predicted molar refractivity (Wildman–Crippen MR) is 84.7 cm³/mol. The van der Waals surface area contributed by atoms with Gasteiger partial charge in [-0.2, -0.15) is 0 Å². The van der Waals surface area contributed by atoms with Crippen molar-refractivity contribution in [3.63, 3.8) is 0 Å². The number of ether oxygens (including phenoxy) is 2. The SMILES string of the molecule is CN(C(=O)OC(C)(C)C)[C@@H]1CCC[C@H]1Oc1ccc(N)nc1. The Morgan fingerprint density at radius 2 is 2.09 bits per heavy atom. The number of rotatable bonds is 3. The van der Waals surface area contributed by atoms with Crippen molar-refractivity contribution in [3.05, 3.63) is 18.3 Å². The van der Waals surface area contributed by atoms with Gasteiger partial charge in [0.05, 0.1) is 12.2 Å². The number of nitrogen functional groups attached to an aromatic ring is 1. The standard InChI is InChI=1S/C16H25N3O3/c1-16(2,3)22-15(20)19(4)12-6-5-7-13(12)21-11-8-9-14(17)18-10-11/h8-10,12-13H,5-7H2,1-4H3,(H2,17,18)/t12-,13-/m1/s1. The van der Waals surface area contributed by atoms with E-state index < -0.39 is 5.60 Å². The summed E-state index contributed by atoms with van der Waals surface area (Å²) in [5.74, 6) is 1.13. The van der Waals surface area contributed by atoms with E-state index >= 15 is 0 Å². The maximum Gasteiger partial charge on any atom is 0.410 e. The van der Waals surface area contributed by atoms with Gasteiger partial charge in [-0.1, -0.05) is 0 Å². The number of amides is 1. The maximum absolute atomic E-state index is 12.2. The fraction of sp³-hybridized carbons (Fsp3) is 0.625. The van der Waals surface area contributed by atoms with Gasteiger partial charge in [-0.15, -0.1) is 0 Å². The Balaban J connectivity index is 2.00. The van der Waals surface area contributed by atoms with Crippen LogP contribution in [0.2, 0.25) is 0 Å². The van der Waals surface area contributed by atoms with Gasteiger partial charge in [0.15, 0.2) is 0 Å². The van der Waals surface area contributed by atoms with Crippen LogP contribution in [-0.4, -0.2) is 40.8 Å². The highest BCUT2D eigenvalue weighted by Gasteiger charge is 2.36. The van der Waals surface area contributed by atoms with Crippen molar-refractivity contribution in [2.45, 2.75) is 57.8 Å². The third-order valence-electron chi connectivity index (χ3n) is 3.64. The Kier molecular flexibility index (Phi) is 4.78. The summed E-state index contributed by atoms with van der Waals surface area (Å²) >= 11 is 0. The first-order chi connectivity index (χ1) is 10.3. The highest BCUT2D eigenvalue weighted by Crippen LogP contribution is 2.28. The number of aromatic nitrogens is 1. The zero-order valence-corrected chi connectivity index (χ0v) is 13.7. The molecule has 1 saturated carbocycles. The molecule has 1 aromatic heterocycles. The lowest BCUT2D eigenvalue weighted by Gasteiger charge is -2.31. The van der Waals surface area contributed by atoms with Crippen LogP contribution in [0.3, 0.4) is 0 Å². The smallest absolute Gasteiger partial charge is 0.410 e. The van der Waals surface area contributed by atoms with Crippen LogP contribution in [0.15, 0.2) is 18.3 Å². The zero-order valence-electron chi connectivity index (χ0n) is 13.7. The summed E-state index contributed by atoms with van der Waals surface area (Å²) in [4.78, 5) is 17.9. The van der Waals surface area contributed by atoms with Gasteiger partial charge >= 0.3 is 6.09 Å². The monoisotopic (exact) mass is 307 g/mol. The summed E-state index contributed by atoms with van der Waals surface area (Å²) in [7, 11) is 1.77. The van der Waals surface area contributed by atoms with Crippen LogP contribution in [-0.2, 0) is 4.74 Å². The van der Waals surface area contributed by atoms with E-state index in [1.54, 1.807) is 30.3 Å². The second kappa shape index (κ2) is 6.42. The fourth-order valence-electron chi connectivity index (χ4n) is 2.59. The summed E-state index contributed by atoms with van der Waals surface area (Å²) in [6, 6.07) is 3.51. The molecule has 0 aliphatic heterocycles. The van der Waals surface area contributed by atoms with Crippen LogP contribution in [0.4, 0.5) is 10.6 Å². The first-order valence-electron chi connectivity index (χ1n) is 7.60. The van der Waals surface area contributed by atoms with Gasteiger partial charge in [-0.05, 0) is 52.2 Å². The number of nitrogens with two attached hydrogens (primary N) is 1.